The average Bonchev–Trinajstić information content (AvgIpc) is 3.41. The first-order chi connectivity index (χ1) is 37.2. The Morgan fingerprint density at radius 2 is 0.711 bits per heavy atom. The van der Waals surface area contributed by atoms with Crippen LogP contribution in [0.2, 0.25) is 0 Å². The highest BCUT2D eigenvalue weighted by Gasteiger charge is 2.28. The number of phosphoric acid groups is 1. The smallest absolute Gasteiger partial charge is 0.462 e. The van der Waals surface area contributed by atoms with Crippen molar-refractivity contribution in [2.75, 3.05) is 26.4 Å². The van der Waals surface area contributed by atoms with Gasteiger partial charge in [-0.25, -0.2) is 4.57 Å². The average molecular weight is 1090 g/mol. The van der Waals surface area contributed by atoms with Crippen molar-refractivity contribution in [3.05, 3.63) is 97.2 Å². The highest BCUT2D eigenvalue weighted by Crippen LogP contribution is 2.43. The number of phosphoric ester groups is 1. The highest BCUT2D eigenvalue weighted by atomic mass is 31.2. The molecule has 3 atom stereocenters. The van der Waals surface area contributed by atoms with Crippen LogP contribution in [0.25, 0.3) is 0 Å². The van der Waals surface area contributed by atoms with Gasteiger partial charge in [0.25, 0.3) is 0 Å². The Labute approximate surface area is 463 Å². The normalized spacial score (nSPS) is 14.0. The second-order valence-corrected chi connectivity index (χ2v) is 21.2. The largest absolute Gasteiger partial charge is 0.472 e. The molecular weight excluding hydrogens is 976 g/mol. The van der Waals surface area contributed by atoms with Gasteiger partial charge in [-0.15, -0.1) is 0 Å². The van der Waals surface area contributed by atoms with E-state index in [0.717, 1.165) is 96.3 Å². The first kappa shape index (κ1) is 72.4. The van der Waals surface area contributed by atoms with Crippen LogP contribution in [0.1, 0.15) is 252 Å². The molecule has 0 saturated heterocycles. The maximum atomic E-state index is 12.9. The lowest BCUT2D eigenvalue weighted by molar-refractivity contribution is -0.161. The van der Waals surface area contributed by atoms with Crippen LogP contribution in [0.3, 0.4) is 0 Å². The maximum absolute atomic E-state index is 12.9. The van der Waals surface area contributed by atoms with Crippen LogP contribution in [-0.2, 0) is 42.2 Å². The zero-order valence-electron chi connectivity index (χ0n) is 48.2. The Kier molecular flexibility index (Phi) is 54.8. The molecule has 0 amide bonds. The van der Waals surface area contributed by atoms with Gasteiger partial charge in [0.2, 0.25) is 0 Å². The fourth-order valence-corrected chi connectivity index (χ4v) is 8.73. The maximum Gasteiger partial charge on any atom is 0.472 e. The Hall–Kier alpha value is -3.60. The lowest BCUT2D eigenvalue weighted by Gasteiger charge is -2.21. The van der Waals surface area contributed by atoms with E-state index in [0.29, 0.717) is 19.3 Å². The monoisotopic (exact) mass is 1080 g/mol. The van der Waals surface area contributed by atoms with Crippen LogP contribution in [0.4, 0.5) is 0 Å². The number of ether oxygens (including phenoxy) is 3. The van der Waals surface area contributed by atoms with E-state index in [4.69, 9.17) is 23.3 Å². The van der Waals surface area contributed by atoms with Crippen molar-refractivity contribution in [3.63, 3.8) is 0 Å². The van der Waals surface area contributed by atoms with Crippen LogP contribution in [-0.4, -0.2) is 66.5 Å². The topological polar surface area (TPSA) is 155 Å². The molecule has 0 bridgehead atoms. The predicted octanol–water partition coefficient (Wildman–Crippen LogP) is 18.0. The van der Waals surface area contributed by atoms with Gasteiger partial charge in [0.1, 0.15) is 12.7 Å². The van der Waals surface area contributed by atoms with Crippen molar-refractivity contribution >= 4 is 25.7 Å². The van der Waals surface area contributed by atoms with Crippen molar-refractivity contribution in [1.82, 2.24) is 0 Å². The number of hydrogen-bond donors (Lipinski definition) is 2. The van der Waals surface area contributed by atoms with E-state index in [1.165, 1.54) is 96.3 Å². The van der Waals surface area contributed by atoms with Crippen molar-refractivity contribution < 1.29 is 52.2 Å². The Morgan fingerprint density at radius 1 is 0.382 bits per heavy atom. The van der Waals surface area contributed by atoms with E-state index in [9.17, 15) is 28.9 Å². The number of aliphatic hydroxyl groups is 1. The number of esters is 3. The molecular formula is C64H109O11P. The number of allylic oxidation sites excluding steroid dienone is 16. The molecule has 12 heteroatoms. The molecule has 0 radical (unpaired) electrons. The number of hydrogen-bond acceptors (Lipinski definition) is 10. The van der Waals surface area contributed by atoms with Gasteiger partial charge < -0.3 is 24.2 Å². The lowest BCUT2D eigenvalue weighted by atomic mass is 10.0. The highest BCUT2D eigenvalue weighted by molar-refractivity contribution is 7.47. The van der Waals surface area contributed by atoms with E-state index in [1.54, 1.807) is 0 Å². The molecule has 76 heavy (non-hydrogen) atoms. The molecule has 3 unspecified atom stereocenters. The summed E-state index contributed by atoms with van der Waals surface area (Å²) in [5.74, 6) is -1.57. The van der Waals surface area contributed by atoms with Crippen LogP contribution < -0.4 is 0 Å². The molecule has 0 aromatic carbocycles. The molecule has 0 aliphatic rings. The van der Waals surface area contributed by atoms with E-state index in [1.807, 2.05) is 12.2 Å². The third-order valence-electron chi connectivity index (χ3n) is 12.5. The number of aliphatic hydroxyl groups excluding tert-OH is 1. The minimum absolute atomic E-state index is 0.0967. The SMILES string of the molecule is CC/C=C\C/C=C\C/C=C\C/C=C\C/C=C\C/C=C\CCC(=O)OCC(COP(=O)(O)OCC(CO)OC(=O)CCCCCCCCCCCCCCC)OC(=O)CCCCCCCCC/C=C\C/C=C\CCCCC. The van der Waals surface area contributed by atoms with Crippen LogP contribution in [0.15, 0.2) is 97.2 Å². The summed E-state index contributed by atoms with van der Waals surface area (Å²) in [7, 11) is -4.77. The van der Waals surface area contributed by atoms with Crippen LogP contribution in [0.5, 0.6) is 0 Å². The zero-order chi connectivity index (χ0) is 55.5. The number of carbonyl (C=O) groups is 3. The standard InChI is InChI=1S/C64H109O11P/c1-4-7-10-13-16-19-22-25-27-29-30-32-33-36-38-41-44-47-50-53-62(66)71-57-61(75-64(68)55-52-49-46-43-40-37-34-31-28-26-23-20-17-14-11-8-5-2)59-73-76(69,70)72-58-60(56-65)74-63(67)54-51-48-45-42-39-35-24-21-18-15-12-9-6-3/h7,10,16-17,19-20,25-28,30,32,36,38,44,47,60-61,65H,4-6,8-9,11-15,18,21-24,29,31,33-35,37,39-43,45-46,48-59H2,1-3H3,(H,69,70)/b10-7-,19-16-,20-17-,27-25-,28-26-,32-30-,38-36-,47-44-. The number of unbranched alkanes of at least 4 members (excludes halogenated alkanes) is 22. The quantitative estimate of drug-likeness (QED) is 0.0197. The summed E-state index contributed by atoms with van der Waals surface area (Å²) >= 11 is 0. The van der Waals surface area contributed by atoms with Crippen LogP contribution >= 0.6 is 7.82 Å². The Bertz CT molecular complexity index is 1640. The van der Waals surface area contributed by atoms with Gasteiger partial charge >= 0.3 is 25.7 Å². The molecule has 0 rings (SSSR count). The summed E-state index contributed by atoms with van der Waals surface area (Å²) < 4.78 is 39.5. The van der Waals surface area contributed by atoms with E-state index >= 15 is 0 Å². The van der Waals surface area contributed by atoms with Gasteiger partial charge in [0.05, 0.1) is 19.8 Å². The van der Waals surface area contributed by atoms with Gasteiger partial charge in [-0.05, 0) is 89.9 Å². The molecule has 0 aromatic heterocycles. The third kappa shape index (κ3) is 55.2. The predicted molar refractivity (Wildman–Crippen MR) is 316 cm³/mol. The van der Waals surface area contributed by atoms with E-state index in [-0.39, 0.29) is 25.9 Å². The van der Waals surface area contributed by atoms with Crippen molar-refractivity contribution in [3.8, 4) is 0 Å². The third-order valence-corrected chi connectivity index (χ3v) is 13.5. The first-order valence-electron chi connectivity index (χ1n) is 30.1. The minimum Gasteiger partial charge on any atom is -0.462 e. The van der Waals surface area contributed by atoms with Crippen molar-refractivity contribution in [1.29, 1.82) is 0 Å². The van der Waals surface area contributed by atoms with Gasteiger partial charge in [-0.1, -0.05) is 240 Å². The first-order valence-corrected chi connectivity index (χ1v) is 31.6. The summed E-state index contributed by atoms with van der Waals surface area (Å²) in [5, 5.41) is 9.82. The summed E-state index contributed by atoms with van der Waals surface area (Å²) in [5.41, 5.74) is 0. The minimum atomic E-state index is -4.77. The van der Waals surface area contributed by atoms with E-state index in [2.05, 4.69) is 106 Å². The van der Waals surface area contributed by atoms with Gasteiger partial charge in [-0.2, -0.15) is 0 Å². The molecule has 436 valence electrons. The summed E-state index contributed by atoms with van der Waals surface area (Å²) in [6.07, 6.45) is 68.0. The second-order valence-electron chi connectivity index (χ2n) is 19.8. The molecule has 11 nitrogen and oxygen atoms in total. The summed E-state index contributed by atoms with van der Waals surface area (Å²) in [6, 6.07) is 0. The molecule has 0 saturated carbocycles. The zero-order valence-corrected chi connectivity index (χ0v) is 49.1. The lowest BCUT2D eigenvalue weighted by Crippen LogP contribution is -2.30. The van der Waals surface area contributed by atoms with Gasteiger partial charge in [-0.3, -0.25) is 23.4 Å². The van der Waals surface area contributed by atoms with Crippen LogP contribution in [0, 0.1) is 0 Å². The molecule has 0 aromatic rings. The number of carbonyl (C=O) groups excluding carboxylic acids is 3. The Balaban J connectivity index is 4.84. The Morgan fingerprint density at radius 3 is 1.13 bits per heavy atom. The van der Waals surface area contributed by atoms with Crippen molar-refractivity contribution in [2.45, 2.75) is 264 Å². The molecule has 0 heterocycles. The summed E-state index contributed by atoms with van der Waals surface area (Å²) in [6.45, 7) is 4.43. The fraction of sp³-hybridized carbons (Fsp3) is 0.703. The molecule has 2 N–H and O–H groups in total. The molecule has 0 spiro atoms. The van der Waals surface area contributed by atoms with Crippen molar-refractivity contribution in [2.24, 2.45) is 0 Å². The second kappa shape index (κ2) is 57.6. The molecule has 0 fully saturated rings. The molecule has 0 aliphatic carbocycles. The van der Waals surface area contributed by atoms with E-state index < -0.39 is 57.8 Å². The summed E-state index contributed by atoms with van der Waals surface area (Å²) in [4.78, 5) is 48.6. The molecule has 0 aliphatic heterocycles. The van der Waals surface area contributed by atoms with Gasteiger partial charge in [0.15, 0.2) is 6.10 Å². The number of rotatable bonds is 55. The van der Waals surface area contributed by atoms with Gasteiger partial charge in [0, 0.05) is 19.3 Å². The fourth-order valence-electron chi connectivity index (χ4n) is 7.94.